The van der Waals surface area contributed by atoms with Crippen LogP contribution in [-0.2, 0) is 4.74 Å². The van der Waals surface area contributed by atoms with Crippen molar-refractivity contribution >= 4 is 0 Å². The summed E-state index contributed by atoms with van der Waals surface area (Å²) in [6, 6.07) is 8.86. The summed E-state index contributed by atoms with van der Waals surface area (Å²) in [7, 11) is 1.68. The third-order valence-corrected chi connectivity index (χ3v) is 2.97. The van der Waals surface area contributed by atoms with Crippen LogP contribution in [0.25, 0.3) is 0 Å². The molecule has 16 heavy (non-hydrogen) atoms. The lowest BCUT2D eigenvalue weighted by molar-refractivity contribution is -0.0207. The van der Waals surface area contributed by atoms with E-state index in [1.807, 2.05) is 12.1 Å². The number of benzene rings is 1. The molecule has 1 aliphatic heterocycles. The Kier molecular flexibility index (Phi) is 3.46. The summed E-state index contributed by atoms with van der Waals surface area (Å²) >= 11 is 0. The third kappa shape index (κ3) is 2.36. The van der Waals surface area contributed by atoms with Crippen molar-refractivity contribution < 1.29 is 9.47 Å². The SMILES string of the molecule is COc1ccc(C2OCC(C)NC2C)cc1. The third-order valence-electron chi connectivity index (χ3n) is 2.97. The fraction of sp³-hybridized carbons (Fsp3) is 0.538. The van der Waals surface area contributed by atoms with Gasteiger partial charge in [0.15, 0.2) is 0 Å². The van der Waals surface area contributed by atoms with E-state index in [0.717, 1.165) is 12.4 Å². The van der Waals surface area contributed by atoms with Gasteiger partial charge in [0.25, 0.3) is 0 Å². The van der Waals surface area contributed by atoms with Gasteiger partial charge in [0.05, 0.1) is 19.8 Å². The second-order valence-corrected chi connectivity index (χ2v) is 4.38. The van der Waals surface area contributed by atoms with Crippen LogP contribution in [0.1, 0.15) is 25.5 Å². The number of hydrogen-bond acceptors (Lipinski definition) is 3. The molecule has 3 heteroatoms. The predicted octanol–water partition coefficient (Wildman–Crippen LogP) is 2.13. The van der Waals surface area contributed by atoms with Crippen LogP contribution in [0.5, 0.6) is 5.75 Å². The maximum absolute atomic E-state index is 5.86. The lowest BCUT2D eigenvalue weighted by Crippen LogP contribution is -2.47. The van der Waals surface area contributed by atoms with Gasteiger partial charge in [-0.15, -0.1) is 0 Å². The van der Waals surface area contributed by atoms with Crippen LogP contribution in [0.4, 0.5) is 0 Å². The smallest absolute Gasteiger partial charge is 0.118 e. The van der Waals surface area contributed by atoms with E-state index < -0.39 is 0 Å². The highest BCUT2D eigenvalue weighted by Crippen LogP contribution is 2.26. The van der Waals surface area contributed by atoms with E-state index in [9.17, 15) is 0 Å². The van der Waals surface area contributed by atoms with Crippen molar-refractivity contribution in [1.82, 2.24) is 5.32 Å². The summed E-state index contributed by atoms with van der Waals surface area (Å²) < 4.78 is 11.0. The van der Waals surface area contributed by atoms with Crippen LogP contribution in [0, 0.1) is 0 Å². The van der Waals surface area contributed by atoms with E-state index in [2.05, 4.69) is 31.3 Å². The maximum atomic E-state index is 5.86. The van der Waals surface area contributed by atoms with Gasteiger partial charge in [-0.3, -0.25) is 0 Å². The van der Waals surface area contributed by atoms with Crippen LogP contribution in [0.15, 0.2) is 24.3 Å². The molecule has 1 fully saturated rings. The minimum atomic E-state index is 0.141. The molecule has 0 saturated carbocycles. The Morgan fingerprint density at radius 1 is 1.25 bits per heavy atom. The minimum Gasteiger partial charge on any atom is -0.497 e. The summed E-state index contributed by atoms with van der Waals surface area (Å²) in [5.74, 6) is 0.883. The standard InChI is InChI=1S/C13H19NO2/c1-9-8-16-13(10(2)14-9)11-4-6-12(15-3)7-5-11/h4-7,9-10,13-14H,8H2,1-3H3. The Hall–Kier alpha value is -1.06. The second-order valence-electron chi connectivity index (χ2n) is 4.38. The first kappa shape index (κ1) is 11.4. The van der Waals surface area contributed by atoms with Crippen LogP contribution in [0.2, 0.25) is 0 Å². The summed E-state index contributed by atoms with van der Waals surface area (Å²) in [5, 5.41) is 3.50. The summed E-state index contributed by atoms with van der Waals surface area (Å²) in [4.78, 5) is 0. The Morgan fingerprint density at radius 3 is 2.50 bits per heavy atom. The Balaban J connectivity index is 2.11. The molecule has 0 bridgehead atoms. The number of morpholine rings is 1. The molecule has 0 aliphatic carbocycles. The molecule has 1 aromatic carbocycles. The van der Waals surface area contributed by atoms with Crippen molar-refractivity contribution in [1.29, 1.82) is 0 Å². The molecule has 0 amide bonds. The van der Waals surface area contributed by atoms with Crippen molar-refractivity contribution in [3.63, 3.8) is 0 Å². The average Bonchev–Trinajstić information content (AvgIpc) is 2.29. The van der Waals surface area contributed by atoms with Crippen LogP contribution in [-0.4, -0.2) is 25.8 Å². The molecule has 2 rings (SSSR count). The molecule has 1 aliphatic rings. The molecule has 0 aromatic heterocycles. The van der Waals surface area contributed by atoms with Crippen molar-refractivity contribution in [2.75, 3.05) is 13.7 Å². The fourth-order valence-electron chi connectivity index (χ4n) is 2.16. The number of nitrogens with one attached hydrogen (secondary N) is 1. The first-order valence-corrected chi connectivity index (χ1v) is 5.72. The quantitative estimate of drug-likeness (QED) is 0.830. The lowest BCUT2D eigenvalue weighted by atomic mass is 10.0. The second kappa shape index (κ2) is 4.85. The van der Waals surface area contributed by atoms with Gasteiger partial charge in [0.2, 0.25) is 0 Å². The van der Waals surface area contributed by atoms with Crippen LogP contribution < -0.4 is 10.1 Å². The van der Waals surface area contributed by atoms with Crippen molar-refractivity contribution in [2.45, 2.75) is 32.0 Å². The summed E-state index contributed by atoms with van der Waals surface area (Å²) in [6.07, 6.45) is 0.141. The van der Waals surface area contributed by atoms with E-state index in [-0.39, 0.29) is 6.10 Å². The molecule has 3 nitrogen and oxygen atoms in total. The van der Waals surface area contributed by atoms with Gasteiger partial charge >= 0.3 is 0 Å². The van der Waals surface area contributed by atoms with Gasteiger partial charge in [0.1, 0.15) is 5.75 Å². The molecular formula is C13H19NO2. The zero-order valence-corrected chi connectivity index (χ0v) is 10.1. The van der Waals surface area contributed by atoms with Crippen LogP contribution >= 0.6 is 0 Å². The minimum absolute atomic E-state index is 0.141. The van der Waals surface area contributed by atoms with Gasteiger partial charge < -0.3 is 14.8 Å². The Bertz CT molecular complexity index is 336. The predicted molar refractivity (Wildman–Crippen MR) is 63.7 cm³/mol. The monoisotopic (exact) mass is 221 g/mol. The van der Waals surface area contributed by atoms with Gasteiger partial charge in [-0.1, -0.05) is 12.1 Å². The Labute approximate surface area is 96.8 Å². The number of hydrogen-bond donors (Lipinski definition) is 1. The highest BCUT2D eigenvalue weighted by atomic mass is 16.5. The number of rotatable bonds is 2. The summed E-state index contributed by atoms with van der Waals surface area (Å²) in [5.41, 5.74) is 1.20. The fourth-order valence-corrected chi connectivity index (χ4v) is 2.16. The molecule has 0 radical (unpaired) electrons. The van der Waals surface area contributed by atoms with E-state index in [0.29, 0.717) is 12.1 Å². The molecule has 88 valence electrons. The molecule has 1 N–H and O–H groups in total. The molecule has 0 spiro atoms. The molecule has 3 atom stereocenters. The zero-order chi connectivity index (χ0) is 11.5. The normalized spacial score (nSPS) is 30.1. The first-order chi connectivity index (χ1) is 7.70. The topological polar surface area (TPSA) is 30.5 Å². The average molecular weight is 221 g/mol. The molecule has 1 heterocycles. The van der Waals surface area contributed by atoms with Gasteiger partial charge in [-0.05, 0) is 31.5 Å². The molecular weight excluding hydrogens is 202 g/mol. The van der Waals surface area contributed by atoms with E-state index in [4.69, 9.17) is 9.47 Å². The van der Waals surface area contributed by atoms with E-state index in [1.165, 1.54) is 5.56 Å². The van der Waals surface area contributed by atoms with Crippen molar-refractivity contribution in [2.24, 2.45) is 0 Å². The zero-order valence-electron chi connectivity index (χ0n) is 10.1. The van der Waals surface area contributed by atoms with Crippen LogP contribution in [0.3, 0.4) is 0 Å². The van der Waals surface area contributed by atoms with Gasteiger partial charge in [-0.25, -0.2) is 0 Å². The molecule has 3 unspecified atom stereocenters. The largest absolute Gasteiger partial charge is 0.497 e. The first-order valence-electron chi connectivity index (χ1n) is 5.72. The van der Waals surface area contributed by atoms with E-state index >= 15 is 0 Å². The lowest BCUT2D eigenvalue weighted by Gasteiger charge is -2.34. The molecule has 1 saturated heterocycles. The highest BCUT2D eigenvalue weighted by Gasteiger charge is 2.26. The van der Waals surface area contributed by atoms with Crippen molar-refractivity contribution in [3.8, 4) is 5.75 Å². The summed E-state index contributed by atoms with van der Waals surface area (Å²) in [6.45, 7) is 5.06. The molecule has 1 aromatic rings. The van der Waals surface area contributed by atoms with Gasteiger partial charge in [-0.2, -0.15) is 0 Å². The Morgan fingerprint density at radius 2 is 1.94 bits per heavy atom. The highest BCUT2D eigenvalue weighted by molar-refractivity contribution is 5.29. The van der Waals surface area contributed by atoms with E-state index in [1.54, 1.807) is 7.11 Å². The number of ether oxygens (including phenoxy) is 2. The number of methoxy groups -OCH3 is 1. The van der Waals surface area contributed by atoms with Crippen molar-refractivity contribution in [3.05, 3.63) is 29.8 Å². The maximum Gasteiger partial charge on any atom is 0.118 e. The van der Waals surface area contributed by atoms with Gasteiger partial charge in [0, 0.05) is 12.1 Å².